The van der Waals surface area contributed by atoms with Crippen LogP contribution in [0, 0.1) is 10.1 Å². The van der Waals surface area contributed by atoms with E-state index >= 15 is 0 Å². The third kappa shape index (κ3) is 4.26. The number of nitro groups is 1. The first-order valence-electron chi connectivity index (χ1n) is 11.4. The van der Waals surface area contributed by atoms with Crippen molar-refractivity contribution in [2.45, 2.75) is 37.1 Å². The van der Waals surface area contributed by atoms with E-state index in [2.05, 4.69) is 4.90 Å². The molecule has 0 N–H and O–H groups in total. The van der Waals surface area contributed by atoms with Crippen molar-refractivity contribution in [1.82, 2.24) is 14.3 Å². The molecule has 0 bridgehead atoms. The molecular formula is C24H25N5O4S. The third-order valence-corrected chi connectivity index (χ3v) is 8.24. The molecule has 1 saturated heterocycles. The average molecular weight is 480 g/mol. The highest BCUT2D eigenvalue weighted by molar-refractivity contribution is 7.89. The van der Waals surface area contributed by atoms with E-state index in [9.17, 15) is 18.5 Å². The average Bonchev–Trinajstić information content (AvgIpc) is 2.88. The number of nitro benzene ring substituents is 1. The number of non-ortho nitro benzene ring substituents is 1. The molecule has 9 nitrogen and oxygen atoms in total. The molecule has 0 atom stereocenters. The maximum Gasteiger partial charge on any atom is 0.269 e. The lowest BCUT2D eigenvalue weighted by atomic mass is 10.0. The van der Waals surface area contributed by atoms with Crippen molar-refractivity contribution < 1.29 is 13.3 Å². The van der Waals surface area contributed by atoms with Gasteiger partial charge in [0.25, 0.3) is 5.69 Å². The molecule has 176 valence electrons. The highest BCUT2D eigenvalue weighted by Gasteiger charge is 2.33. The van der Waals surface area contributed by atoms with Gasteiger partial charge in [0.1, 0.15) is 5.82 Å². The standard InChI is InChI=1S/C24H25N5O4S/c30-29(31)19-9-11-20(12-10-19)34(32,33)28-16-13-22-21(17-28)24(27-14-5-2-6-15-27)26-23(25-22)18-7-3-1-4-8-18/h1,3-4,7-12H,2,5-6,13-17H2. The van der Waals surface area contributed by atoms with Crippen molar-refractivity contribution in [3.05, 3.63) is 76.0 Å². The van der Waals surface area contributed by atoms with Crippen molar-refractivity contribution in [3.8, 4) is 11.4 Å². The second kappa shape index (κ2) is 9.11. The van der Waals surface area contributed by atoms with Gasteiger partial charge in [-0.1, -0.05) is 30.3 Å². The highest BCUT2D eigenvalue weighted by atomic mass is 32.2. The van der Waals surface area contributed by atoms with Crippen LogP contribution in [0.4, 0.5) is 11.5 Å². The summed E-state index contributed by atoms with van der Waals surface area (Å²) in [7, 11) is -3.82. The zero-order valence-corrected chi connectivity index (χ0v) is 19.4. The number of rotatable bonds is 5. The Labute approximate surface area is 198 Å². The van der Waals surface area contributed by atoms with Crippen LogP contribution in [-0.4, -0.2) is 47.2 Å². The predicted molar refractivity (Wildman–Crippen MR) is 128 cm³/mol. The van der Waals surface area contributed by atoms with E-state index in [1.54, 1.807) is 0 Å². The summed E-state index contributed by atoms with van der Waals surface area (Å²) >= 11 is 0. The molecule has 1 fully saturated rings. The lowest BCUT2D eigenvalue weighted by molar-refractivity contribution is -0.384. The minimum Gasteiger partial charge on any atom is -0.356 e. The van der Waals surface area contributed by atoms with Crippen LogP contribution in [0.3, 0.4) is 0 Å². The summed E-state index contributed by atoms with van der Waals surface area (Å²) in [6, 6.07) is 14.9. The van der Waals surface area contributed by atoms with Gasteiger partial charge in [0.05, 0.1) is 15.5 Å². The van der Waals surface area contributed by atoms with Crippen molar-refractivity contribution in [3.63, 3.8) is 0 Å². The largest absolute Gasteiger partial charge is 0.356 e. The molecule has 2 aromatic carbocycles. The quantitative estimate of drug-likeness (QED) is 0.404. The Kier molecular flexibility index (Phi) is 6.01. The summed E-state index contributed by atoms with van der Waals surface area (Å²) < 4.78 is 28.1. The maximum atomic E-state index is 13.4. The number of sulfonamides is 1. The molecule has 34 heavy (non-hydrogen) atoms. The normalized spacial score (nSPS) is 16.8. The van der Waals surface area contributed by atoms with Gasteiger partial charge in [0.15, 0.2) is 5.82 Å². The van der Waals surface area contributed by atoms with Crippen LogP contribution in [0.25, 0.3) is 11.4 Å². The van der Waals surface area contributed by atoms with Gasteiger partial charge in [-0.05, 0) is 31.4 Å². The summed E-state index contributed by atoms with van der Waals surface area (Å²) in [4.78, 5) is 22.4. The highest BCUT2D eigenvalue weighted by Crippen LogP contribution is 2.33. The van der Waals surface area contributed by atoms with Crippen molar-refractivity contribution in [1.29, 1.82) is 0 Å². The van der Waals surface area contributed by atoms with Crippen LogP contribution in [0.1, 0.15) is 30.5 Å². The van der Waals surface area contributed by atoms with Crippen molar-refractivity contribution >= 4 is 21.5 Å². The number of benzene rings is 2. The zero-order valence-electron chi connectivity index (χ0n) is 18.6. The minimum atomic E-state index is -3.82. The van der Waals surface area contributed by atoms with Crippen LogP contribution >= 0.6 is 0 Å². The monoisotopic (exact) mass is 479 g/mol. The zero-order chi connectivity index (χ0) is 23.7. The second-order valence-electron chi connectivity index (χ2n) is 8.55. The molecule has 3 aromatic rings. The summed E-state index contributed by atoms with van der Waals surface area (Å²) in [6.07, 6.45) is 3.80. The summed E-state index contributed by atoms with van der Waals surface area (Å²) in [6.45, 7) is 2.23. The fourth-order valence-electron chi connectivity index (χ4n) is 4.55. The van der Waals surface area contributed by atoms with Crippen LogP contribution in [-0.2, 0) is 23.0 Å². The first-order valence-corrected chi connectivity index (χ1v) is 12.8. The molecule has 10 heteroatoms. The summed E-state index contributed by atoms with van der Waals surface area (Å²) in [5, 5.41) is 10.9. The van der Waals surface area contributed by atoms with Crippen LogP contribution in [0.5, 0.6) is 0 Å². The predicted octanol–water partition coefficient (Wildman–Crippen LogP) is 3.79. The Hall–Kier alpha value is -3.37. The van der Waals surface area contributed by atoms with E-state index in [1.165, 1.54) is 35.0 Å². The summed E-state index contributed by atoms with van der Waals surface area (Å²) in [5.41, 5.74) is 2.52. The first kappa shape index (κ1) is 22.4. The van der Waals surface area contributed by atoms with Crippen LogP contribution in [0.2, 0.25) is 0 Å². The molecule has 2 aliphatic rings. The number of hydrogen-bond acceptors (Lipinski definition) is 7. The Morgan fingerprint density at radius 1 is 0.882 bits per heavy atom. The van der Waals surface area contributed by atoms with Crippen LogP contribution < -0.4 is 4.90 Å². The second-order valence-corrected chi connectivity index (χ2v) is 10.5. The van der Waals surface area contributed by atoms with Gasteiger partial charge in [-0.25, -0.2) is 18.4 Å². The molecule has 0 spiro atoms. The van der Waals surface area contributed by atoms with Gasteiger partial charge in [0, 0.05) is 55.9 Å². The molecule has 5 rings (SSSR count). The van der Waals surface area contributed by atoms with E-state index in [0.29, 0.717) is 12.2 Å². The van der Waals surface area contributed by atoms with Crippen LogP contribution in [0.15, 0.2) is 59.5 Å². The Morgan fingerprint density at radius 2 is 1.59 bits per heavy atom. The SMILES string of the molecule is O=[N+]([O-])c1ccc(S(=O)(=O)N2CCc3nc(-c4ccccc4)nc(N4CCCCC4)c3C2)cc1. The van der Waals surface area contributed by atoms with Gasteiger partial charge >= 0.3 is 0 Å². The number of hydrogen-bond donors (Lipinski definition) is 0. The number of aromatic nitrogens is 2. The van der Waals surface area contributed by atoms with Crippen molar-refractivity contribution in [2.75, 3.05) is 24.5 Å². The molecule has 0 aliphatic carbocycles. The first-order chi connectivity index (χ1) is 16.4. The molecule has 2 aliphatic heterocycles. The maximum absolute atomic E-state index is 13.4. The van der Waals surface area contributed by atoms with Gasteiger partial charge in [-0.15, -0.1) is 0 Å². The van der Waals surface area contributed by atoms with Gasteiger partial charge in [0.2, 0.25) is 10.0 Å². The Bertz CT molecular complexity index is 1310. The smallest absolute Gasteiger partial charge is 0.269 e. The van der Waals surface area contributed by atoms with Gasteiger partial charge in [-0.3, -0.25) is 10.1 Å². The third-order valence-electron chi connectivity index (χ3n) is 6.38. The lowest BCUT2D eigenvalue weighted by Gasteiger charge is -2.34. The number of anilines is 1. The topological polar surface area (TPSA) is 110 Å². The number of nitrogens with zero attached hydrogens (tertiary/aromatic N) is 5. The van der Waals surface area contributed by atoms with Gasteiger partial charge in [-0.2, -0.15) is 4.31 Å². The van der Waals surface area contributed by atoms with Gasteiger partial charge < -0.3 is 4.90 Å². The van der Waals surface area contributed by atoms with Crippen molar-refractivity contribution in [2.24, 2.45) is 0 Å². The summed E-state index contributed by atoms with van der Waals surface area (Å²) in [5.74, 6) is 1.47. The molecule has 0 saturated carbocycles. The van der Waals surface area contributed by atoms with E-state index < -0.39 is 14.9 Å². The fourth-order valence-corrected chi connectivity index (χ4v) is 5.96. The molecule has 1 aromatic heterocycles. The molecule has 0 unspecified atom stereocenters. The Balaban J connectivity index is 1.52. The van der Waals surface area contributed by atoms with E-state index in [0.717, 1.165) is 48.6 Å². The van der Waals surface area contributed by atoms with E-state index in [-0.39, 0.29) is 23.7 Å². The minimum absolute atomic E-state index is 0.0443. The fraction of sp³-hybridized carbons (Fsp3) is 0.333. The number of piperidine rings is 1. The molecule has 0 amide bonds. The van der Waals surface area contributed by atoms with E-state index in [4.69, 9.17) is 9.97 Å². The molecule has 3 heterocycles. The molecule has 0 radical (unpaired) electrons. The molecular weight excluding hydrogens is 454 g/mol. The Morgan fingerprint density at radius 3 is 2.26 bits per heavy atom. The number of fused-ring (bicyclic) bond motifs is 1. The van der Waals surface area contributed by atoms with E-state index in [1.807, 2.05) is 30.3 Å². The lowest BCUT2D eigenvalue weighted by Crippen LogP contribution is -2.39.